The number of benzene rings is 1. The molecule has 0 aliphatic carbocycles. The fourth-order valence-corrected chi connectivity index (χ4v) is 2.04. The molecule has 0 radical (unpaired) electrons. The van der Waals surface area contributed by atoms with Crippen LogP contribution in [-0.2, 0) is 11.2 Å². The summed E-state index contributed by atoms with van der Waals surface area (Å²) in [6.07, 6.45) is 1.60. The zero-order valence-electron chi connectivity index (χ0n) is 9.22. The third-order valence-electron chi connectivity index (χ3n) is 2.51. The molecular weight excluding hydrogens is 284 g/mol. The minimum Gasteiger partial charge on any atom is -0.481 e. The molecule has 4 nitrogen and oxygen atoms in total. The third-order valence-corrected chi connectivity index (χ3v) is 3.00. The lowest BCUT2D eigenvalue weighted by molar-refractivity contribution is -0.136. The van der Waals surface area contributed by atoms with E-state index in [1.165, 1.54) is 0 Å². The van der Waals surface area contributed by atoms with Gasteiger partial charge >= 0.3 is 5.97 Å². The standard InChI is InChI=1S/C12H11BrN2O2/c1-8-9(5-12(16)17)7-14-15(8)11-4-2-3-10(13)6-11/h2-4,6-7H,5H2,1H3,(H,16,17). The van der Waals surface area contributed by atoms with Crippen LogP contribution >= 0.6 is 15.9 Å². The molecule has 0 fully saturated rings. The summed E-state index contributed by atoms with van der Waals surface area (Å²) in [5.74, 6) is -0.845. The van der Waals surface area contributed by atoms with E-state index in [0.29, 0.717) is 0 Å². The lowest BCUT2D eigenvalue weighted by Crippen LogP contribution is -2.03. The van der Waals surface area contributed by atoms with Crippen LogP contribution in [0.2, 0.25) is 0 Å². The van der Waals surface area contributed by atoms with Crippen LogP contribution in [0.15, 0.2) is 34.9 Å². The van der Waals surface area contributed by atoms with Gasteiger partial charge in [0.2, 0.25) is 0 Å². The molecule has 2 aromatic rings. The van der Waals surface area contributed by atoms with Crippen molar-refractivity contribution in [3.63, 3.8) is 0 Å². The highest BCUT2D eigenvalue weighted by Gasteiger charge is 2.10. The molecule has 88 valence electrons. The molecule has 0 spiro atoms. The minimum atomic E-state index is -0.845. The van der Waals surface area contributed by atoms with Crippen molar-refractivity contribution in [1.29, 1.82) is 0 Å². The number of nitrogens with zero attached hydrogens (tertiary/aromatic N) is 2. The van der Waals surface area contributed by atoms with Gasteiger partial charge in [-0.15, -0.1) is 0 Å². The third kappa shape index (κ3) is 2.55. The fourth-order valence-electron chi connectivity index (χ4n) is 1.65. The number of rotatable bonds is 3. The Hall–Kier alpha value is -1.62. The summed E-state index contributed by atoms with van der Waals surface area (Å²) in [7, 11) is 0. The number of aliphatic carboxylic acids is 1. The molecule has 0 saturated carbocycles. The van der Waals surface area contributed by atoms with Crippen molar-refractivity contribution in [3.05, 3.63) is 46.2 Å². The first-order chi connectivity index (χ1) is 8.08. The number of hydrogen-bond acceptors (Lipinski definition) is 2. The highest BCUT2D eigenvalue weighted by Crippen LogP contribution is 2.18. The van der Waals surface area contributed by atoms with Crippen LogP contribution in [0.4, 0.5) is 0 Å². The number of carboxylic acids is 1. The Kier molecular flexibility index (Phi) is 3.28. The minimum absolute atomic E-state index is 0.000162. The molecule has 0 aliphatic heterocycles. The summed E-state index contributed by atoms with van der Waals surface area (Å²) in [6, 6.07) is 7.71. The predicted molar refractivity (Wildman–Crippen MR) is 67.3 cm³/mol. The lowest BCUT2D eigenvalue weighted by Gasteiger charge is -2.05. The zero-order chi connectivity index (χ0) is 12.4. The second kappa shape index (κ2) is 4.71. The van der Waals surface area contributed by atoms with Gasteiger partial charge in [-0.25, -0.2) is 4.68 Å². The second-order valence-corrected chi connectivity index (χ2v) is 4.63. The Bertz CT molecular complexity index is 563. The van der Waals surface area contributed by atoms with Gasteiger partial charge in [0.25, 0.3) is 0 Å². The molecule has 0 amide bonds. The molecule has 2 rings (SSSR count). The normalized spacial score (nSPS) is 10.5. The number of hydrogen-bond donors (Lipinski definition) is 1. The van der Waals surface area contributed by atoms with Crippen molar-refractivity contribution >= 4 is 21.9 Å². The predicted octanol–water partition coefficient (Wildman–Crippen LogP) is 2.57. The molecule has 0 unspecified atom stereocenters. The van der Waals surface area contributed by atoms with Crippen LogP contribution in [-0.4, -0.2) is 20.9 Å². The number of aromatic nitrogens is 2. The number of carboxylic acid groups (broad SMARTS) is 1. The molecule has 1 aromatic carbocycles. The van der Waals surface area contributed by atoms with Gasteiger partial charge in [0.05, 0.1) is 18.3 Å². The van der Waals surface area contributed by atoms with Gasteiger partial charge in [0, 0.05) is 15.7 Å². The van der Waals surface area contributed by atoms with Crippen molar-refractivity contribution < 1.29 is 9.90 Å². The summed E-state index contributed by atoms with van der Waals surface area (Å²) in [5.41, 5.74) is 2.50. The molecule has 5 heteroatoms. The first-order valence-corrected chi connectivity index (χ1v) is 5.88. The van der Waals surface area contributed by atoms with E-state index in [0.717, 1.165) is 21.4 Å². The summed E-state index contributed by atoms with van der Waals surface area (Å²) >= 11 is 3.40. The highest BCUT2D eigenvalue weighted by molar-refractivity contribution is 9.10. The Labute approximate surface area is 107 Å². The Morgan fingerprint density at radius 1 is 1.53 bits per heavy atom. The summed E-state index contributed by atoms with van der Waals surface area (Å²) in [6.45, 7) is 1.87. The maximum Gasteiger partial charge on any atom is 0.307 e. The van der Waals surface area contributed by atoms with Crippen molar-refractivity contribution in [2.24, 2.45) is 0 Å². The van der Waals surface area contributed by atoms with E-state index in [9.17, 15) is 4.79 Å². The SMILES string of the molecule is Cc1c(CC(=O)O)cnn1-c1cccc(Br)c1. The van der Waals surface area contributed by atoms with Crippen LogP contribution < -0.4 is 0 Å². The molecule has 0 aliphatic rings. The van der Waals surface area contributed by atoms with Crippen molar-refractivity contribution in [2.75, 3.05) is 0 Å². The van der Waals surface area contributed by atoms with E-state index in [2.05, 4.69) is 21.0 Å². The van der Waals surface area contributed by atoms with Gasteiger partial charge in [0.1, 0.15) is 0 Å². The highest BCUT2D eigenvalue weighted by atomic mass is 79.9. The lowest BCUT2D eigenvalue weighted by atomic mass is 10.2. The Balaban J connectivity index is 2.40. The molecule has 1 aromatic heterocycles. The van der Waals surface area contributed by atoms with Gasteiger partial charge in [-0.1, -0.05) is 22.0 Å². The molecule has 0 atom stereocenters. The first kappa shape index (κ1) is 11.9. The van der Waals surface area contributed by atoms with E-state index in [1.54, 1.807) is 10.9 Å². The average molecular weight is 295 g/mol. The molecule has 1 N–H and O–H groups in total. The zero-order valence-corrected chi connectivity index (χ0v) is 10.8. The van der Waals surface area contributed by atoms with E-state index in [1.807, 2.05) is 31.2 Å². The van der Waals surface area contributed by atoms with Crippen LogP contribution in [0.3, 0.4) is 0 Å². The van der Waals surface area contributed by atoms with Gasteiger partial charge in [0.15, 0.2) is 0 Å². The van der Waals surface area contributed by atoms with Crippen molar-refractivity contribution in [3.8, 4) is 5.69 Å². The summed E-state index contributed by atoms with van der Waals surface area (Å²) in [5, 5.41) is 13.0. The molecular formula is C12H11BrN2O2. The maximum atomic E-state index is 10.7. The number of halogens is 1. The largest absolute Gasteiger partial charge is 0.481 e. The maximum absolute atomic E-state index is 10.7. The van der Waals surface area contributed by atoms with E-state index in [4.69, 9.17) is 5.11 Å². The van der Waals surface area contributed by atoms with Crippen LogP contribution in [0.5, 0.6) is 0 Å². The van der Waals surface area contributed by atoms with Crippen molar-refractivity contribution in [2.45, 2.75) is 13.3 Å². The van der Waals surface area contributed by atoms with E-state index in [-0.39, 0.29) is 6.42 Å². The molecule has 0 bridgehead atoms. The monoisotopic (exact) mass is 294 g/mol. The summed E-state index contributed by atoms with van der Waals surface area (Å²) < 4.78 is 2.70. The Morgan fingerprint density at radius 2 is 2.29 bits per heavy atom. The van der Waals surface area contributed by atoms with Gasteiger partial charge < -0.3 is 5.11 Å². The fraction of sp³-hybridized carbons (Fsp3) is 0.167. The van der Waals surface area contributed by atoms with Gasteiger partial charge in [-0.05, 0) is 25.1 Å². The molecule has 1 heterocycles. The van der Waals surface area contributed by atoms with Crippen LogP contribution in [0.25, 0.3) is 5.69 Å². The van der Waals surface area contributed by atoms with E-state index >= 15 is 0 Å². The molecule has 0 saturated heterocycles. The Morgan fingerprint density at radius 3 is 2.94 bits per heavy atom. The van der Waals surface area contributed by atoms with Gasteiger partial charge in [-0.3, -0.25) is 4.79 Å². The van der Waals surface area contributed by atoms with E-state index < -0.39 is 5.97 Å². The quantitative estimate of drug-likeness (QED) is 0.947. The van der Waals surface area contributed by atoms with Crippen LogP contribution in [0, 0.1) is 6.92 Å². The average Bonchev–Trinajstić information content (AvgIpc) is 2.60. The van der Waals surface area contributed by atoms with Crippen molar-refractivity contribution in [1.82, 2.24) is 9.78 Å². The van der Waals surface area contributed by atoms with Crippen LogP contribution in [0.1, 0.15) is 11.3 Å². The van der Waals surface area contributed by atoms with Gasteiger partial charge in [-0.2, -0.15) is 5.10 Å². The smallest absolute Gasteiger partial charge is 0.307 e. The number of carbonyl (C=O) groups is 1. The molecule has 17 heavy (non-hydrogen) atoms. The summed E-state index contributed by atoms with van der Waals surface area (Å²) in [4.78, 5) is 10.7. The second-order valence-electron chi connectivity index (χ2n) is 3.72. The first-order valence-electron chi connectivity index (χ1n) is 5.09. The topological polar surface area (TPSA) is 55.1 Å².